The van der Waals surface area contributed by atoms with Crippen LogP contribution in [0.3, 0.4) is 0 Å². The molecule has 2 rings (SSSR count). The van der Waals surface area contributed by atoms with Gasteiger partial charge in [-0.2, -0.15) is 0 Å². The summed E-state index contributed by atoms with van der Waals surface area (Å²) >= 11 is 0. The quantitative estimate of drug-likeness (QED) is 0.739. The Labute approximate surface area is 130 Å². The second-order valence-electron chi connectivity index (χ2n) is 5.36. The molecule has 1 aliphatic heterocycles. The van der Waals surface area contributed by atoms with Gasteiger partial charge in [-0.3, -0.25) is 14.4 Å². The lowest BCUT2D eigenvalue weighted by molar-refractivity contribution is -0.173. The van der Waals surface area contributed by atoms with Gasteiger partial charge in [-0.05, 0) is 24.1 Å². The van der Waals surface area contributed by atoms with Crippen LogP contribution < -0.4 is 4.74 Å². The Morgan fingerprint density at radius 3 is 2.59 bits per heavy atom. The number of nitrogens with zero attached hydrogens (tertiary/aromatic N) is 2. The van der Waals surface area contributed by atoms with E-state index in [1.807, 2.05) is 24.3 Å². The van der Waals surface area contributed by atoms with Crippen LogP contribution in [0, 0.1) is 5.92 Å². The average Bonchev–Trinajstić information content (AvgIpc) is 2.92. The first kappa shape index (κ1) is 16.3. The summed E-state index contributed by atoms with van der Waals surface area (Å²) in [6, 6.07) is 7.78. The minimum Gasteiger partial charge on any atom is -0.497 e. The van der Waals surface area contributed by atoms with E-state index in [1.165, 1.54) is 12.2 Å². The number of rotatable bonds is 6. The molecule has 1 aromatic rings. The maximum absolute atomic E-state index is 12.0. The van der Waals surface area contributed by atoms with E-state index in [4.69, 9.17) is 9.57 Å². The van der Waals surface area contributed by atoms with Crippen molar-refractivity contribution in [2.24, 2.45) is 5.92 Å². The van der Waals surface area contributed by atoms with Gasteiger partial charge in [0, 0.05) is 26.6 Å². The molecule has 0 aliphatic carbocycles. The normalized spacial score (nSPS) is 17.7. The first-order valence-corrected chi connectivity index (χ1v) is 7.27. The topological polar surface area (TPSA) is 59.1 Å². The molecule has 0 radical (unpaired) electrons. The molecule has 22 heavy (non-hydrogen) atoms. The number of amides is 2. The predicted molar refractivity (Wildman–Crippen MR) is 81.2 cm³/mol. The summed E-state index contributed by atoms with van der Waals surface area (Å²) in [7, 11) is 4.63. The van der Waals surface area contributed by atoms with Gasteiger partial charge in [0.25, 0.3) is 5.91 Å². The Morgan fingerprint density at radius 1 is 1.32 bits per heavy atom. The van der Waals surface area contributed by atoms with Crippen LogP contribution in [0.25, 0.3) is 0 Å². The van der Waals surface area contributed by atoms with E-state index in [9.17, 15) is 9.59 Å². The molecule has 120 valence electrons. The molecule has 0 bridgehead atoms. The van der Waals surface area contributed by atoms with Gasteiger partial charge in [0.1, 0.15) is 5.75 Å². The zero-order chi connectivity index (χ0) is 16.1. The molecule has 1 fully saturated rings. The van der Waals surface area contributed by atoms with E-state index in [0.29, 0.717) is 13.1 Å². The number of hydrogen-bond donors (Lipinski definition) is 0. The molecule has 6 heteroatoms. The van der Waals surface area contributed by atoms with Crippen LogP contribution in [0.5, 0.6) is 5.75 Å². The van der Waals surface area contributed by atoms with Gasteiger partial charge in [0.2, 0.25) is 5.91 Å². The third kappa shape index (κ3) is 3.76. The van der Waals surface area contributed by atoms with Crippen molar-refractivity contribution in [2.75, 3.05) is 34.4 Å². The van der Waals surface area contributed by atoms with Crippen molar-refractivity contribution in [1.29, 1.82) is 0 Å². The summed E-state index contributed by atoms with van der Waals surface area (Å²) < 4.78 is 5.12. The van der Waals surface area contributed by atoms with Gasteiger partial charge < -0.3 is 9.64 Å². The van der Waals surface area contributed by atoms with E-state index in [0.717, 1.165) is 17.7 Å². The maximum atomic E-state index is 12.0. The fourth-order valence-electron chi connectivity index (χ4n) is 2.56. The molecular weight excluding hydrogens is 284 g/mol. The number of likely N-dealkylation sites (tertiary alicyclic amines) is 1. The molecule has 0 spiro atoms. The molecule has 2 amide bonds. The molecule has 0 saturated carbocycles. The number of methoxy groups -OCH3 is 1. The van der Waals surface area contributed by atoms with E-state index in [-0.39, 0.29) is 24.2 Å². The second kappa shape index (κ2) is 7.26. The SMILES string of the molecule is COc1ccc(CCN2C[C@H](C(=O)N(C)OC)CC2=O)cc1. The summed E-state index contributed by atoms with van der Waals surface area (Å²) in [6.07, 6.45) is 1.02. The molecule has 0 unspecified atom stereocenters. The number of hydroxylamine groups is 2. The highest BCUT2D eigenvalue weighted by Gasteiger charge is 2.35. The highest BCUT2D eigenvalue weighted by molar-refractivity contribution is 5.88. The Bertz CT molecular complexity index is 529. The standard InChI is InChI=1S/C16H22N2O4/c1-17(22-3)16(20)13-10-15(19)18(11-13)9-8-12-4-6-14(21-2)7-5-12/h4-7,13H,8-11H2,1-3H3/t13-/m1/s1. The number of hydrogen-bond acceptors (Lipinski definition) is 4. The minimum atomic E-state index is -0.312. The maximum Gasteiger partial charge on any atom is 0.251 e. The smallest absolute Gasteiger partial charge is 0.251 e. The molecule has 1 heterocycles. The van der Waals surface area contributed by atoms with Gasteiger partial charge in [0.05, 0.1) is 20.1 Å². The van der Waals surface area contributed by atoms with Gasteiger partial charge in [-0.25, -0.2) is 5.06 Å². The van der Waals surface area contributed by atoms with Crippen molar-refractivity contribution in [3.63, 3.8) is 0 Å². The highest BCUT2D eigenvalue weighted by Crippen LogP contribution is 2.20. The summed E-state index contributed by atoms with van der Waals surface area (Å²) in [4.78, 5) is 30.7. The van der Waals surface area contributed by atoms with E-state index in [2.05, 4.69) is 0 Å². The molecule has 1 atom stereocenters. The van der Waals surface area contributed by atoms with Gasteiger partial charge in [-0.15, -0.1) is 0 Å². The molecule has 0 N–H and O–H groups in total. The Morgan fingerprint density at radius 2 is 2.00 bits per heavy atom. The number of carbonyl (C=O) groups is 2. The van der Waals surface area contributed by atoms with Crippen molar-refractivity contribution in [3.8, 4) is 5.75 Å². The first-order chi connectivity index (χ1) is 10.5. The van der Waals surface area contributed by atoms with Crippen LogP contribution in [0.2, 0.25) is 0 Å². The van der Waals surface area contributed by atoms with Crippen molar-refractivity contribution in [3.05, 3.63) is 29.8 Å². The van der Waals surface area contributed by atoms with Crippen molar-refractivity contribution >= 4 is 11.8 Å². The molecule has 1 aliphatic rings. The van der Waals surface area contributed by atoms with Crippen LogP contribution in [-0.2, 0) is 20.8 Å². The summed E-state index contributed by atoms with van der Waals surface area (Å²) in [5.41, 5.74) is 1.14. The molecule has 6 nitrogen and oxygen atoms in total. The van der Waals surface area contributed by atoms with Gasteiger partial charge in [-0.1, -0.05) is 12.1 Å². The average molecular weight is 306 g/mol. The predicted octanol–water partition coefficient (Wildman–Crippen LogP) is 1.11. The van der Waals surface area contributed by atoms with Crippen LogP contribution in [0.4, 0.5) is 0 Å². The fourth-order valence-corrected chi connectivity index (χ4v) is 2.56. The van der Waals surface area contributed by atoms with Gasteiger partial charge in [0.15, 0.2) is 0 Å². The third-order valence-corrected chi connectivity index (χ3v) is 3.98. The Balaban J connectivity index is 1.88. The molecule has 0 aromatic heterocycles. The monoisotopic (exact) mass is 306 g/mol. The molecular formula is C16H22N2O4. The van der Waals surface area contributed by atoms with Crippen LogP contribution in [0.15, 0.2) is 24.3 Å². The Hall–Kier alpha value is -2.08. The lowest BCUT2D eigenvalue weighted by Crippen LogP contribution is -2.34. The fraction of sp³-hybridized carbons (Fsp3) is 0.500. The van der Waals surface area contributed by atoms with Crippen molar-refractivity contribution < 1.29 is 19.2 Å². The van der Waals surface area contributed by atoms with Crippen LogP contribution >= 0.6 is 0 Å². The van der Waals surface area contributed by atoms with E-state index < -0.39 is 0 Å². The summed E-state index contributed by atoms with van der Waals surface area (Å²) in [6.45, 7) is 1.08. The summed E-state index contributed by atoms with van der Waals surface area (Å²) in [5.74, 6) is 0.377. The largest absolute Gasteiger partial charge is 0.497 e. The van der Waals surface area contributed by atoms with Crippen LogP contribution in [-0.4, -0.2) is 56.1 Å². The van der Waals surface area contributed by atoms with Gasteiger partial charge >= 0.3 is 0 Å². The third-order valence-electron chi connectivity index (χ3n) is 3.98. The van der Waals surface area contributed by atoms with Crippen LogP contribution in [0.1, 0.15) is 12.0 Å². The number of ether oxygens (including phenoxy) is 1. The molecule has 1 saturated heterocycles. The second-order valence-corrected chi connectivity index (χ2v) is 5.36. The minimum absolute atomic E-state index is 0.0244. The molecule has 1 aromatic carbocycles. The lowest BCUT2D eigenvalue weighted by atomic mass is 10.1. The van der Waals surface area contributed by atoms with Crippen molar-refractivity contribution in [2.45, 2.75) is 12.8 Å². The van der Waals surface area contributed by atoms with Crippen molar-refractivity contribution in [1.82, 2.24) is 9.96 Å². The zero-order valence-corrected chi connectivity index (χ0v) is 13.2. The summed E-state index contributed by atoms with van der Waals surface area (Å²) in [5, 5.41) is 1.19. The van der Waals surface area contributed by atoms with E-state index >= 15 is 0 Å². The zero-order valence-electron chi connectivity index (χ0n) is 13.2. The highest BCUT2D eigenvalue weighted by atomic mass is 16.7. The number of carbonyl (C=O) groups excluding carboxylic acids is 2. The first-order valence-electron chi connectivity index (χ1n) is 7.27. The van der Waals surface area contributed by atoms with E-state index in [1.54, 1.807) is 19.1 Å². The number of benzene rings is 1. The Kier molecular flexibility index (Phi) is 5.38. The lowest BCUT2D eigenvalue weighted by Gasteiger charge is -2.19.